The fraction of sp³-hybridized carbons (Fsp3) is 0.105. The topological polar surface area (TPSA) is 96.1 Å². The molecule has 0 aliphatic rings. The lowest BCUT2D eigenvalue weighted by Gasteiger charge is -2.08. The molecule has 0 bridgehead atoms. The second-order valence-corrected chi connectivity index (χ2v) is 5.64. The van der Waals surface area contributed by atoms with E-state index in [9.17, 15) is 9.59 Å². The number of hydrogen-bond acceptors (Lipinski definition) is 4. The molecule has 2 aromatic carbocycles. The van der Waals surface area contributed by atoms with Gasteiger partial charge in [-0.25, -0.2) is 0 Å². The third-order valence-corrected chi connectivity index (χ3v) is 3.60. The van der Waals surface area contributed by atoms with Gasteiger partial charge in [0.05, 0.1) is 5.69 Å². The molecule has 0 fully saturated rings. The number of hydrogen-bond donors (Lipinski definition) is 3. The summed E-state index contributed by atoms with van der Waals surface area (Å²) in [6, 6.07) is 18.4. The van der Waals surface area contributed by atoms with Crippen LogP contribution in [0.2, 0.25) is 0 Å². The Morgan fingerprint density at radius 2 is 1.77 bits per heavy atom. The van der Waals surface area contributed by atoms with Crippen molar-refractivity contribution in [3.8, 4) is 17.0 Å². The molecule has 0 aliphatic heterocycles. The first-order valence-electron chi connectivity index (χ1n) is 8.01. The van der Waals surface area contributed by atoms with Gasteiger partial charge in [0.1, 0.15) is 11.4 Å². The number of hydrazine groups is 1. The summed E-state index contributed by atoms with van der Waals surface area (Å²) >= 11 is 0. The van der Waals surface area contributed by atoms with E-state index >= 15 is 0 Å². The summed E-state index contributed by atoms with van der Waals surface area (Å²) < 4.78 is 5.34. The van der Waals surface area contributed by atoms with E-state index in [1.54, 1.807) is 18.2 Å². The molecule has 0 saturated heterocycles. The molecule has 1 aromatic heterocycles. The van der Waals surface area contributed by atoms with Gasteiger partial charge in [-0.1, -0.05) is 48.0 Å². The Balaban J connectivity index is 1.48. The minimum Gasteiger partial charge on any atom is -0.484 e. The summed E-state index contributed by atoms with van der Waals surface area (Å²) in [6.45, 7) is 1.76. The SMILES string of the molecule is Cc1ccc(OCC(=O)NNC(=O)c2cc(-c3ccccc3)n[nH]2)cc1. The van der Waals surface area contributed by atoms with E-state index < -0.39 is 11.8 Å². The molecule has 0 spiro atoms. The summed E-state index contributed by atoms with van der Waals surface area (Å²) in [7, 11) is 0. The quantitative estimate of drug-likeness (QED) is 0.615. The Morgan fingerprint density at radius 3 is 2.50 bits per heavy atom. The van der Waals surface area contributed by atoms with Crippen LogP contribution >= 0.6 is 0 Å². The highest BCUT2D eigenvalue weighted by atomic mass is 16.5. The predicted molar refractivity (Wildman–Crippen MR) is 96.3 cm³/mol. The Kier molecular flexibility index (Phi) is 5.28. The van der Waals surface area contributed by atoms with Crippen molar-refractivity contribution >= 4 is 11.8 Å². The van der Waals surface area contributed by atoms with Crippen LogP contribution in [0.3, 0.4) is 0 Å². The van der Waals surface area contributed by atoms with E-state index in [1.165, 1.54) is 0 Å². The molecule has 26 heavy (non-hydrogen) atoms. The van der Waals surface area contributed by atoms with Crippen LogP contribution in [0, 0.1) is 6.92 Å². The Bertz CT molecular complexity index is 889. The first-order chi connectivity index (χ1) is 12.6. The fourth-order valence-electron chi connectivity index (χ4n) is 2.21. The van der Waals surface area contributed by atoms with Crippen molar-refractivity contribution in [2.45, 2.75) is 6.92 Å². The number of aryl methyl sites for hydroxylation is 1. The molecule has 0 radical (unpaired) electrons. The average Bonchev–Trinajstić information content (AvgIpc) is 3.17. The molecule has 3 rings (SSSR count). The van der Waals surface area contributed by atoms with Crippen LogP contribution in [-0.4, -0.2) is 28.6 Å². The lowest BCUT2D eigenvalue weighted by molar-refractivity contribution is -0.123. The molecule has 0 atom stereocenters. The van der Waals surface area contributed by atoms with Crippen LogP contribution in [0.1, 0.15) is 16.1 Å². The van der Waals surface area contributed by atoms with Crippen LogP contribution in [0.25, 0.3) is 11.3 Å². The number of benzene rings is 2. The van der Waals surface area contributed by atoms with Gasteiger partial charge in [0.15, 0.2) is 6.61 Å². The molecule has 7 heteroatoms. The predicted octanol–water partition coefficient (Wildman–Crippen LogP) is 2.23. The third kappa shape index (κ3) is 4.47. The van der Waals surface area contributed by atoms with Crippen LogP contribution in [0.15, 0.2) is 60.7 Å². The zero-order valence-corrected chi connectivity index (χ0v) is 14.2. The smallest absolute Gasteiger partial charge is 0.287 e. The van der Waals surface area contributed by atoms with Gasteiger partial charge in [0.25, 0.3) is 11.8 Å². The van der Waals surface area contributed by atoms with Crippen LogP contribution in [0.4, 0.5) is 0 Å². The van der Waals surface area contributed by atoms with Gasteiger partial charge in [0, 0.05) is 5.56 Å². The number of rotatable bonds is 5. The van der Waals surface area contributed by atoms with Crippen LogP contribution in [-0.2, 0) is 4.79 Å². The monoisotopic (exact) mass is 350 g/mol. The number of amides is 2. The number of nitrogens with one attached hydrogen (secondary N) is 3. The molecule has 0 aliphatic carbocycles. The van der Waals surface area contributed by atoms with Gasteiger partial charge >= 0.3 is 0 Å². The molecule has 0 unspecified atom stereocenters. The number of aromatic nitrogens is 2. The summed E-state index contributed by atoms with van der Waals surface area (Å²) in [5.41, 5.74) is 7.49. The minimum absolute atomic E-state index is 0.207. The normalized spacial score (nSPS) is 10.2. The van der Waals surface area contributed by atoms with Crippen LogP contribution < -0.4 is 15.6 Å². The maximum atomic E-state index is 12.1. The summed E-state index contributed by atoms with van der Waals surface area (Å²) in [4.78, 5) is 23.8. The van der Waals surface area contributed by atoms with E-state index in [2.05, 4.69) is 21.0 Å². The Hall–Kier alpha value is -3.61. The van der Waals surface area contributed by atoms with Gasteiger partial charge in [-0.15, -0.1) is 0 Å². The maximum absolute atomic E-state index is 12.1. The molecule has 3 aromatic rings. The van der Waals surface area contributed by atoms with Gasteiger partial charge in [0.2, 0.25) is 0 Å². The zero-order chi connectivity index (χ0) is 18.4. The van der Waals surface area contributed by atoms with Crippen molar-refractivity contribution in [3.05, 3.63) is 71.9 Å². The van der Waals surface area contributed by atoms with E-state index in [-0.39, 0.29) is 12.3 Å². The maximum Gasteiger partial charge on any atom is 0.287 e. The highest BCUT2D eigenvalue weighted by Gasteiger charge is 2.12. The fourth-order valence-corrected chi connectivity index (χ4v) is 2.21. The van der Waals surface area contributed by atoms with Crippen molar-refractivity contribution in [2.75, 3.05) is 6.61 Å². The number of aromatic amines is 1. The van der Waals surface area contributed by atoms with Crippen LogP contribution in [0.5, 0.6) is 5.75 Å². The van der Waals surface area contributed by atoms with Gasteiger partial charge in [-0.3, -0.25) is 25.5 Å². The molecule has 7 nitrogen and oxygen atoms in total. The number of carbonyl (C=O) groups excluding carboxylic acids is 2. The lowest BCUT2D eigenvalue weighted by atomic mass is 10.1. The van der Waals surface area contributed by atoms with E-state index in [4.69, 9.17) is 4.74 Å². The average molecular weight is 350 g/mol. The van der Waals surface area contributed by atoms with E-state index in [0.29, 0.717) is 11.4 Å². The minimum atomic E-state index is -0.497. The molecule has 3 N–H and O–H groups in total. The summed E-state index contributed by atoms with van der Waals surface area (Å²) in [5.74, 6) is -0.386. The van der Waals surface area contributed by atoms with E-state index in [0.717, 1.165) is 11.1 Å². The Labute approximate surface area is 150 Å². The zero-order valence-electron chi connectivity index (χ0n) is 14.2. The molecule has 132 valence electrons. The number of H-pyrrole nitrogens is 1. The molecule has 0 saturated carbocycles. The van der Waals surface area contributed by atoms with E-state index in [1.807, 2.05) is 49.4 Å². The summed E-state index contributed by atoms with van der Waals surface area (Å²) in [6.07, 6.45) is 0. The van der Waals surface area contributed by atoms with Gasteiger partial charge in [-0.2, -0.15) is 5.10 Å². The van der Waals surface area contributed by atoms with Gasteiger partial charge in [-0.05, 0) is 25.1 Å². The number of carbonyl (C=O) groups is 2. The lowest BCUT2D eigenvalue weighted by Crippen LogP contribution is -2.44. The van der Waals surface area contributed by atoms with Crippen molar-refractivity contribution in [3.63, 3.8) is 0 Å². The largest absolute Gasteiger partial charge is 0.484 e. The first-order valence-corrected chi connectivity index (χ1v) is 8.01. The number of ether oxygens (including phenoxy) is 1. The number of nitrogens with zero attached hydrogens (tertiary/aromatic N) is 1. The highest BCUT2D eigenvalue weighted by Crippen LogP contribution is 2.16. The second kappa shape index (κ2) is 7.98. The van der Waals surface area contributed by atoms with Crippen molar-refractivity contribution in [1.29, 1.82) is 0 Å². The molecule has 2 amide bonds. The molecular formula is C19H18N4O3. The van der Waals surface area contributed by atoms with Crippen molar-refractivity contribution < 1.29 is 14.3 Å². The highest BCUT2D eigenvalue weighted by molar-refractivity contribution is 5.94. The third-order valence-electron chi connectivity index (χ3n) is 3.60. The summed E-state index contributed by atoms with van der Waals surface area (Å²) in [5, 5.41) is 6.74. The standard InChI is InChI=1S/C19H18N4O3/c1-13-7-9-15(10-8-13)26-12-18(24)22-23-19(25)17-11-16(20-21-17)14-5-3-2-4-6-14/h2-11H,12H2,1H3,(H,20,21)(H,22,24)(H,23,25). The molecule has 1 heterocycles. The first kappa shape index (κ1) is 17.2. The van der Waals surface area contributed by atoms with Gasteiger partial charge < -0.3 is 4.74 Å². The van der Waals surface area contributed by atoms with Crippen molar-refractivity contribution in [2.24, 2.45) is 0 Å². The molecular weight excluding hydrogens is 332 g/mol. The second-order valence-electron chi connectivity index (χ2n) is 5.64. The Morgan fingerprint density at radius 1 is 1.04 bits per heavy atom. The van der Waals surface area contributed by atoms with Crippen molar-refractivity contribution in [1.82, 2.24) is 21.0 Å².